The molecule has 6 heavy (non-hydrogen) atoms. The van der Waals surface area contributed by atoms with Gasteiger partial charge in [-0.05, 0) is 4.83 Å². The molecular formula is C3H2BrNO. The van der Waals surface area contributed by atoms with E-state index in [0.717, 1.165) is 0 Å². The zero-order chi connectivity index (χ0) is 4.83. The van der Waals surface area contributed by atoms with Gasteiger partial charge in [0.1, 0.15) is 0 Å². The second kappa shape index (κ2) is 4.51. The van der Waals surface area contributed by atoms with Crippen LogP contribution in [0.25, 0.3) is 0 Å². The van der Waals surface area contributed by atoms with Crippen molar-refractivity contribution in [1.82, 2.24) is 5.32 Å². The van der Waals surface area contributed by atoms with Crippen molar-refractivity contribution in [3.05, 3.63) is 0 Å². The zero-order valence-corrected chi connectivity index (χ0v) is 4.45. The van der Waals surface area contributed by atoms with E-state index in [4.69, 9.17) is 0 Å². The predicted octanol–water partition coefficient (Wildman–Crippen LogP) is 0.0457. The Balaban J connectivity index is 3.00. The molecule has 1 N–H and O–H groups in total. The van der Waals surface area contributed by atoms with Crippen molar-refractivity contribution in [1.29, 1.82) is 0 Å². The molecule has 0 radical (unpaired) electrons. The van der Waals surface area contributed by atoms with Crippen LogP contribution in [-0.2, 0) is 4.79 Å². The fraction of sp³-hybridized carbons (Fsp3) is 0. The van der Waals surface area contributed by atoms with Gasteiger partial charge < -0.3 is 0 Å². The van der Waals surface area contributed by atoms with Crippen LogP contribution in [-0.4, -0.2) is 6.41 Å². The SMILES string of the molecule is O=CNC#CBr. The lowest BCUT2D eigenvalue weighted by atomic mass is 11.1. The maximum atomic E-state index is 9.33. The van der Waals surface area contributed by atoms with Gasteiger partial charge in [0, 0.05) is 22.0 Å². The van der Waals surface area contributed by atoms with Gasteiger partial charge in [0.05, 0.1) is 0 Å². The van der Waals surface area contributed by atoms with Crippen LogP contribution in [0.15, 0.2) is 0 Å². The number of nitrogens with one attached hydrogen (secondary N) is 1. The highest BCUT2D eigenvalue weighted by Crippen LogP contribution is 1.62. The number of halogens is 1. The molecule has 3 heteroatoms. The van der Waals surface area contributed by atoms with Crippen molar-refractivity contribution in [3.8, 4) is 10.9 Å². The smallest absolute Gasteiger partial charge is 0.218 e. The molecule has 0 aromatic carbocycles. The zero-order valence-electron chi connectivity index (χ0n) is 2.86. The Bertz CT molecular complexity index is 90.7. The normalized spacial score (nSPS) is 4.83. The van der Waals surface area contributed by atoms with Crippen molar-refractivity contribution in [2.24, 2.45) is 0 Å². The summed E-state index contributed by atoms with van der Waals surface area (Å²) in [7, 11) is 0. The van der Waals surface area contributed by atoms with E-state index in [2.05, 4.69) is 32.1 Å². The fourth-order valence-electron chi connectivity index (χ4n) is 0.0567. The van der Waals surface area contributed by atoms with E-state index in [1.165, 1.54) is 0 Å². The highest BCUT2D eigenvalue weighted by atomic mass is 79.9. The van der Waals surface area contributed by atoms with Gasteiger partial charge in [0.25, 0.3) is 0 Å². The number of hydrogen-bond acceptors (Lipinski definition) is 1. The van der Waals surface area contributed by atoms with E-state index in [-0.39, 0.29) is 0 Å². The van der Waals surface area contributed by atoms with Gasteiger partial charge in [-0.2, -0.15) is 0 Å². The summed E-state index contributed by atoms with van der Waals surface area (Å²) in [6.07, 6.45) is 0.508. The van der Waals surface area contributed by atoms with E-state index in [9.17, 15) is 4.79 Å². The number of carbonyl (C=O) groups excluding carboxylic acids is 1. The summed E-state index contributed by atoms with van der Waals surface area (Å²) in [6, 6.07) is 2.25. The standard InChI is InChI=1S/C3H2BrNO/c4-1-2-5-3-6/h3H,(H,5,6). The van der Waals surface area contributed by atoms with E-state index in [1.807, 2.05) is 0 Å². The number of carbonyl (C=O) groups is 1. The summed E-state index contributed by atoms with van der Waals surface area (Å²) < 4.78 is 0. The molecule has 0 saturated heterocycles. The molecule has 0 atom stereocenters. The van der Waals surface area contributed by atoms with Gasteiger partial charge in [0.2, 0.25) is 6.41 Å². The molecule has 0 aliphatic heterocycles. The third-order valence-electron chi connectivity index (χ3n) is 0.178. The Morgan fingerprint density at radius 1 is 1.83 bits per heavy atom. The van der Waals surface area contributed by atoms with Crippen molar-refractivity contribution in [3.63, 3.8) is 0 Å². The second-order valence-corrected chi connectivity index (χ2v) is 0.878. The van der Waals surface area contributed by atoms with Gasteiger partial charge in [-0.1, -0.05) is 0 Å². The highest BCUT2D eigenvalue weighted by Gasteiger charge is 1.54. The Hall–Kier alpha value is -0.490. The summed E-state index contributed by atoms with van der Waals surface area (Å²) in [6.45, 7) is 0. The van der Waals surface area contributed by atoms with Crippen molar-refractivity contribution in [2.75, 3.05) is 0 Å². The van der Waals surface area contributed by atoms with Crippen molar-refractivity contribution >= 4 is 22.3 Å². The Kier molecular flexibility index (Phi) is 4.14. The quantitative estimate of drug-likeness (QED) is 0.317. The molecule has 0 aromatic rings. The Morgan fingerprint density at radius 3 is 2.67 bits per heavy atom. The maximum absolute atomic E-state index is 9.33. The van der Waals surface area contributed by atoms with E-state index in [1.54, 1.807) is 0 Å². The monoisotopic (exact) mass is 147 g/mol. The first-order valence-electron chi connectivity index (χ1n) is 1.21. The molecule has 0 spiro atoms. The van der Waals surface area contributed by atoms with Crippen LogP contribution in [0.2, 0.25) is 0 Å². The largest absolute Gasteiger partial charge is 0.287 e. The van der Waals surface area contributed by atoms with Crippen LogP contribution in [0.5, 0.6) is 0 Å². The first-order chi connectivity index (χ1) is 2.91. The lowest BCUT2D eigenvalue weighted by Gasteiger charge is -1.67. The second-order valence-electron chi connectivity index (χ2n) is 0.482. The molecule has 0 bridgehead atoms. The predicted molar refractivity (Wildman–Crippen MR) is 25.9 cm³/mol. The van der Waals surface area contributed by atoms with Gasteiger partial charge in [-0.3, -0.25) is 10.1 Å². The molecule has 0 aromatic heterocycles. The number of hydrogen-bond donors (Lipinski definition) is 1. The molecule has 2 nitrogen and oxygen atoms in total. The first-order valence-corrected chi connectivity index (χ1v) is 2.01. The Labute approximate surface area is 44.0 Å². The third-order valence-corrected chi connectivity index (χ3v) is 0.377. The van der Waals surface area contributed by atoms with Crippen LogP contribution < -0.4 is 5.32 Å². The minimum Gasteiger partial charge on any atom is -0.287 e. The topological polar surface area (TPSA) is 29.1 Å². The van der Waals surface area contributed by atoms with Gasteiger partial charge >= 0.3 is 0 Å². The van der Waals surface area contributed by atoms with E-state index in [0.29, 0.717) is 6.41 Å². The van der Waals surface area contributed by atoms with E-state index < -0.39 is 0 Å². The molecule has 0 unspecified atom stereocenters. The van der Waals surface area contributed by atoms with Crippen LogP contribution in [0.1, 0.15) is 0 Å². The lowest BCUT2D eigenvalue weighted by molar-refractivity contribution is -0.108. The van der Waals surface area contributed by atoms with Gasteiger partial charge in [-0.25, -0.2) is 0 Å². The average Bonchev–Trinajstić information content (AvgIpc) is 1.61. The molecule has 32 valence electrons. The molecule has 0 saturated carbocycles. The van der Waals surface area contributed by atoms with E-state index >= 15 is 0 Å². The first kappa shape index (κ1) is 5.51. The summed E-state index contributed by atoms with van der Waals surface area (Å²) in [4.78, 5) is 11.6. The third kappa shape index (κ3) is 3.51. The van der Waals surface area contributed by atoms with Crippen LogP contribution in [0.4, 0.5) is 0 Å². The number of amides is 1. The molecule has 0 aliphatic carbocycles. The molecular weight excluding hydrogens is 146 g/mol. The fourth-order valence-corrected chi connectivity index (χ4v) is 0.171. The average molecular weight is 148 g/mol. The van der Waals surface area contributed by atoms with Crippen LogP contribution in [0.3, 0.4) is 0 Å². The van der Waals surface area contributed by atoms with Crippen LogP contribution in [0, 0.1) is 10.9 Å². The highest BCUT2D eigenvalue weighted by molar-refractivity contribution is 9.12. The Morgan fingerprint density at radius 2 is 2.50 bits per heavy atom. The summed E-state index contributed by atoms with van der Waals surface area (Å²) in [5.74, 6) is 0. The summed E-state index contributed by atoms with van der Waals surface area (Å²) in [5.41, 5.74) is 0. The molecule has 0 aliphatic rings. The maximum Gasteiger partial charge on any atom is 0.218 e. The molecule has 0 heterocycles. The van der Waals surface area contributed by atoms with Crippen LogP contribution >= 0.6 is 15.9 Å². The lowest BCUT2D eigenvalue weighted by Crippen LogP contribution is -1.98. The molecule has 0 rings (SSSR count). The van der Waals surface area contributed by atoms with Crippen molar-refractivity contribution < 1.29 is 4.79 Å². The van der Waals surface area contributed by atoms with Gasteiger partial charge in [-0.15, -0.1) is 0 Å². The van der Waals surface area contributed by atoms with Gasteiger partial charge in [0.15, 0.2) is 0 Å². The number of rotatable bonds is 1. The molecule has 0 fully saturated rings. The minimum absolute atomic E-state index is 0.508. The molecule has 1 amide bonds. The summed E-state index contributed by atoms with van der Waals surface area (Å²) >= 11 is 2.77. The minimum atomic E-state index is 0.508. The van der Waals surface area contributed by atoms with Crippen molar-refractivity contribution in [2.45, 2.75) is 0 Å². The summed E-state index contributed by atoms with van der Waals surface area (Å²) in [5, 5.41) is 2.11.